The number of nitrogens with zero attached hydrogens (tertiary/aromatic N) is 1. The lowest BCUT2D eigenvalue weighted by Crippen LogP contribution is -2.34. The maximum Gasteiger partial charge on any atom is 0.326 e. The van der Waals surface area contributed by atoms with E-state index in [1.54, 1.807) is 0 Å². The molecule has 1 atom stereocenters. The number of alkyl halides is 4. The van der Waals surface area contributed by atoms with Crippen molar-refractivity contribution < 1.29 is 27.5 Å². The summed E-state index contributed by atoms with van der Waals surface area (Å²) in [6.07, 6.45) is -3.79. The molecular weight excluding hydrogens is 278 g/mol. The number of carbonyl (C=O) groups is 1. The molecule has 18 heavy (non-hydrogen) atoms. The third-order valence-corrected chi connectivity index (χ3v) is 2.72. The molecule has 0 bridgehead atoms. The Bertz CT molecular complexity index is 426. The minimum absolute atomic E-state index is 0.0321. The first-order chi connectivity index (χ1) is 8.24. The van der Waals surface area contributed by atoms with Crippen LogP contribution >= 0.6 is 11.3 Å². The minimum Gasteiger partial charge on any atom is -0.480 e. The number of anilines is 1. The Hall–Kier alpha value is -1.42. The highest BCUT2D eigenvalue weighted by Gasteiger charge is 2.40. The van der Waals surface area contributed by atoms with Crippen molar-refractivity contribution in [1.29, 1.82) is 0 Å². The molecule has 1 aromatic rings. The van der Waals surface area contributed by atoms with E-state index in [1.165, 1.54) is 5.38 Å². The SMILES string of the molecule is NC(C(=O)O)c1csc(NCC(F)(F)C(F)F)n1. The van der Waals surface area contributed by atoms with Crippen molar-refractivity contribution in [2.45, 2.75) is 18.4 Å². The van der Waals surface area contributed by atoms with Gasteiger partial charge in [0.2, 0.25) is 0 Å². The summed E-state index contributed by atoms with van der Waals surface area (Å²) in [5.41, 5.74) is 5.20. The standard InChI is InChI=1S/C8H9F4N3O2S/c9-6(10)8(11,12)2-14-7-15-3(1-18-7)4(13)5(16)17/h1,4,6H,2,13H2,(H,14,15)(H,16,17). The molecule has 0 fully saturated rings. The minimum atomic E-state index is -4.18. The highest BCUT2D eigenvalue weighted by Crippen LogP contribution is 2.25. The molecule has 0 amide bonds. The summed E-state index contributed by atoms with van der Waals surface area (Å²) in [4.78, 5) is 14.1. The first kappa shape index (κ1) is 14.6. The Morgan fingerprint density at radius 3 is 2.72 bits per heavy atom. The van der Waals surface area contributed by atoms with Crippen molar-refractivity contribution in [1.82, 2.24) is 4.98 Å². The fraction of sp³-hybridized carbons (Fsp3) is 0.500. The summed E-state index contributed by atoms with van der Waals surface area (Å²) < 4.78 is 48.8. The van der Waals surface area contributed by atoms with Crippen LogP contribution in [0.1, 0.15) is 11.7 Å². The topological polar surface area (TPSA) is 88.2 Å². The van der Waals surface area contributed by atoms with Gasteiger partial charge in [-0.25, -0.2) is 13.8 Å². The number of thiazole rings is 1. The van der Waals surface area contributed by atoms with Crippen LogP contribution in [0.3, 0.4) is 0 Å². The van der Waals surface area contributed by atoms with Gasteiger partial charge in [-0.1, -0.05) is 0 Å². The molecule has 102 valence electrons. The van der Waals surface area contributed by atoms with Crippen molar-refractivity contribution in [3.8, 4) is 0 Å². The van der Waals surface area contributed by atoms with Crippen molar-refractivity contribution >= 4 is 22.4 Å². The molecule has 1 aromatic heterocycles. The first-order valence-electron chi connectivity index (χ1n) is 4.57. The summed E-state index contributed by atoms with van der Waals surface area (Å²) in [7, 11) is 0. The van der Waals surface area contributed by atoms with E-state index in [1.807, 2.05) is 5.32 Å². The predicted octanol–water partition coefficient (Wildman–Crippen LogP) is 1.54. The molecule has 1 rings (SSSR count). The maximum absolute atomic E-state index is 12.6. The van der Waals surface area contributed by atoms with Crippen LogP contribution in [0.5, 0.6) is 0 Å². The molecule has 0 aliphatic heterocycles. The van der Waals surface area contributed by atoms with Gasteiger partial charge in [-0.2, -0.15) is 8.78 Å². The van der Waals surface area contributed by atoms with Gasteiger partial charge in [0.15, 0.2) is 5.13 Å². The van der Waals surface area contributed by atoms with Gasteiger partial charge >= 0.3 is 18.3 Å². The molecule has 0 aliphatic rings. The van der Waals surface area contributed by atoms with E-state index in [2.05, 4.69) is 4.98 Å². The number of hydrogen-bond acceptors (Lipinski definition) is 5. The Labute approximate surface area is 103 Å². The molecule has 1 unspecified atom stereocenters. The number of nitrogens with two attached hydrogens (primary N) is 1. The van der Waals surface area contributed by atoms with Crippen LogP contribution in [0.4, 0.5) is 22.7 Å². The second kappa shape index (κ2) is 5.48. The van der Waals surface area contributed by atoms with E-state index >= 15 is 0 Å². The van der Waals surface area contributed by atoms with Gasteiger partial charge in [0.1, 0.15) is 6.04 Å². The second-order valence-corrected chi connectivity index (χ2v) is 4.17. The van der Waals surface area contributed by atoms with Gasteiger partial charge in [0, 0.05) is 5.38 Å². The third-order valence-electron chi connectivity index (χ3n) is 1.90. The van der Waals surface area contributed by atoms with Gasteiger partial charge in [-0.05, 0) is 0 Å². The molecule has 1 heterocycles. The van der Waals surface area contributed by atoms with Crippen molar-refractivity contribution in [3.63, 3.8) is 0 Å². The average Bonchev–Trinajstić information content (AvgIpc) is 2.73. The van der Waals surface area contributed by atoms with Crippen molar-refractivity contribution in [2.75, 3.05) is 11.9 Å². The number of aliphatic carboxylic acids is 1. The highest BCUT2D eigenvalue weighted by atomic mass is 32.1. The number of nitrogens with one attached hydrogen (secondary N) is 1. The van der Waals surface area contributed by atoms with Crippen LogP contribution in [-0.2, 0) is 4.79 Å². The molecule has 0 aliphatic carbocycles. The molecule has 4 N–H and O–H groups in total. The molecule has 5 nitrogen and oxygen atoms in total. The van der Waals surface area contributed by atoms with Gasteiger partial charge in [0.05, 0.1) is 12.2 Å². The summed E-state index contributed by atoms with van der Waals surface area (Å²) in [5, 5.41) is 11.7. The summed E-state index contributed by atoms with van der Waals surface area (Å²) in [5.74, 6) is -5.51. The van der Waals surface area contributed by atoms with Crippen LogP contribution in [0.2, 0.25) is 0 Å². The molecule has 0 aromatic carbocycles. The number of rotatable bonds is 6. The molecule has 0 saturated carbocycles. The lowest BCUT2D eigenvalue weighted by atomic mass is 10.2. The lowest BCUT2D eigenvalue weighted by molar-refractivity contribution is -0.138. The van der Waals surface area contributed by atoms with E-state index in [9.17, 15) is 22.4 Å². The fourth-order valence-electron chi connectivity index (χ4n) is 0.907. The normalized spacial score (nSPS) is 13.7. The first-order valence-corrected chi connectivity index (χ1v) is 5.45. The number of halogens is 4. The van der Waals surface area contributed by atoms with E-state index in [-0.39, 0.29) is 10.8 Å². The van der Waals surface area contributed by atoms with Crippen LogP contribution in [0.15, 0.2) is 5.38 Å². The van der Waals surface area contributed by atoms with Crippen LogP contribution in [0, 0.1) is 0 Å². The zero-order chi connectivity index (χ0) is 13.9. The molecular formula is C8H9F4N3O2S. The van der Waals surface area contributed by atoms with E-state index in [0.717, 1.165) is 11.3 Å². The Morgan fingerprint density at radius 1 is 1.61 bits per heavy atom. The van der Waals surface area contributed by atoms with Gasteiger partial charge in [0.25, 0.3) is 0 Å². The van der Waals surface area contributed by atoms with Crippen molar-refractivity contribution in [2.24, 2.45) is 5.73 Å². The van der Waals surface area contributed by atoms with Crippen molar-refractivity contribution in [3.05, 3.63) is 11.1 Å². The quantitative estimate of drug-likeness (QED) is 0.691. The molecule has 0 saturated heterocycles. The fourth-order valence-corrected chi connectivity index (χ4v) is 1.65. The summed E-state index contributed by atoms with van der Waals surface area (Å²) >= 11 is 0.804. The third kappa shape index (κ3) is 3.53. The molecule has 10 heteroatoms. The predicted molar refractivity (Wildman–Crippen MR) is 56.1 cm³/mol. The van der Waals surface area contributed by atoms with E-state index < -0.39 is 30.9 Å². The zero-order valence-corrected chi connectivity index (χ0v) is 9.56. The van der Waals surface area contributed by atoms with E-state index in [0.29, 0.717) is 0 Å². The zero-order valence-electron chi connectivity index (χ0n) is 8.74. The van der Waals surface area contributed by atoms with Gasteiger partial charge in [-0.3, -0.25) is 4.79 Å². The smallest absolute Gasteiger partial charge is 0.326 e. The van der Waals surface area contributed by atoms with E-state index in [4.69, 9.17) is 10.8 Å². The number of aromatic nitrogens is 1. The summed E-state index contributed by atoms with van der Waals surface area (Å²) in [6, 6.07) is -1.38. The Morgan fingerprint density at radius 2 is 2.22 bits per heavy atom. The Balaban J connectivity index is 2.63. The highest BCUT2D eigenvalue weighted by molar-refractivity contribution is 7.13. The summed E-state index contributed by atoms with van der Waals surface area (Å²) in [6.45, 7) is -1.29. The monoisotopic (exact) mass is 287 g/mol. The number of hydrogen-bond donors (Lipinski definition) is 3. The molecule has 0 spiro atoms. The maximum atomic E-state index is 12.6. The second-order valence-electron chi connectivity index (χ2n) is 3.31. The van der Waals surface area contributed by atoms with Crippen LogP contribution < -0.4 is 11.1 Å². The molecule has 0 radical (unpaired) electrons. The Kier molecular flexibility index (Phi) is 4.46. The van der Waals surface area contributed by atoms with Crippen LogP contribution in [-0.4, -0.2) is 35.0 Å². The largest absolute Gasteiger partial charge is 0.480 e. The number of carboxylic acids is 1. The van der Waals surface area contributed by atoms with Crippen LogP contribution in [0.25, 0.3) is 0 Å². The number of carboxylic acid groups (broad SMARTS) is 1. The average molecular weight is 287 g/mol. The lowest BCUT2D eigenvalue weighted by Gasteiger charge is -2.14. The van der Waals surface area contributed by atoms with Gasteiger partial charge in [-0.15, -0.1) is 11.3 Å². The van der Waals surface area contributed by atoms with Gasteiger partial charge < -0.3 is 16.2 Å².